The van der Waals surface area contributed by atoms with E-state index in [0.29, 0.717) is 0 Å². The highest BCUT2D eigenvalue weighted by Crippen LogP contribution is 2.10. The molecular formula is C17H21NO. The molecule has 0 atom stereocenters. The molecule has 0 bridgehead atoms. The van der Waals surface area contributed by atoms with Gasteiger partial charge in [0.1, 0.15) is 5.75 Å². The van der Waals surface area contributed by atoms with Crippen molar-refractivity contribution >= 4 is 5.69 Å². The van der Waals surface area contributed by atoms with Gasteiger partial charge in [-0.2, -0.15) is 0 Å². The summed E-state index contributed by atoms with van der Waals surface area (Å²) in [5, 5.41) is 3.40. The number of nitrogens with one attached hydrogen (secondary N) is 1. The molecule has 0 fully saturated rings. The van der Waals surface area contributed by atoms with Gasteiger partial charge in [0.05, 0.1) is 6.61 Å². The number of anilines is 1. The summed E-state index contributed by atoms with van der Waals surface area (Å²) in [6, 6.07) is 18.5. The van der Waals surface area contributed by atoms with Crippen molar-refractivity contribution in [1.29, 1.82) is 0 Å². The average molecular weight is 255 g/mol. The maximum Gasteiger partial charge on any atom is 0.119 e. The van der Waals surface area contributed by atoms with E-state index in [9.17, 15) is 0 Å². The molecule has 0 aliphatic heterocycles. The lowest BCUT2D eigenvalue weighted by Crippen LogP contribution is -2.07. The van der Waals surface area contributed by atoms with Gasteiger partial charge in [-0.3, -0.25) is 0 Å². The van der Waals surface area contributed by atoms with Crippen molar-refractivity contribution < 1.29 is 4.74 Å². The molecule has 0 spiro atoms. The van der Waals surface area contributed by atoms with Gasteiger partial charge in [-0.05, 0) is 42.7 Å². The molecule has 0 heterocycles. The maximum atomic E-state index is 5.64. The lowest BCUT2D eigenvalue weighted by molar-refractivity contribution is 0.315. The van der Waals surface area contributed by atoms with Crippen LogP contribution in [0.25, 0.3) is 0 Å². The van der Waals surface area contributed by atoms with E-state index < -0.39 is 0 Å². The van der Waals surface area contributed by atoms with Crippen molar-refractivity contribution in [2.24, 2.45) is 0 Å². The van der Waals surface area contributed by atoms with Gasteiger partial charge in [0.15, 0.2) is 0 Å². The molecule has 0 aliphatic rings. The van der Waals surface area contributed by atoms with E-state index in [-0.39, 0.29) is 0 Å². The van der Waals surface area contributed by atoms with Gasteiger partial charge in [0.25, 0.3) is 0 Å². The van der Waals surface area contributed by atoms with E-state index in [4.69, 9.17) is 4.74 Å². The summed E-state index contributed by atoms with van der Waals surface area (Å²) < 4.78 is 5.64. The largest absolute Gasteiger partial charge is 0.494 e. The van der Waals surface area contributed by atoms with Crippen LogP contribution in [-0.2, 0) is 6.42 Å². The number of hydrogen-bond acceptors (Lipinski definition) is 2. The highest BCUT2D eigenvalue weighted by Gasteiger charge is 1.94. The normalized spacial score (nSPS) is 10.2. The maximum absolute atomic E-state index is 5.64. The highest BCUT2D eigenvalue weighted by atomic mass is 16.5. The van der Waals surface area contributed by atoms with Gasteiger partial charge in [-0.1, -0.05) is 37.3 Å². The van der Waals surface area contributed by atoms with Crippen LogP contribution in [0.4, 0.5) is 5.69 Å². The summed E-state index contributed by atoms with van der Waals surface area (Å²) in [6.45, 7) is 3.84. The van der Waals surface area contributed by atoms with Crippen LogP contribution >= 0.6 is 0 Å². The predicted molar refractivity (Wildman–Crippen MR) is 80.9 cm³/mol. The summed E-state index contributed by atoms with van der Waals surface area (Å²) in [5.74, 6) is 0.940. The third kappa shape index (κ3) is 4.66. The van der Waals surface area contributed by atoms with Crippen LogP contribution in [0.15, 0.2) is 54.6 Å². The third-order valence-electron chi connectivity index (χ3n) is 3.02. The minimum atomic E-state index is 0.740. The Hall–Kier alpha value is -1.96. The zero-order valence-electron chi connectivity index (χ0n) is 11.4. The standard InChI is InChI=1S/C17H21NO/c1-2-15-9-11-16(12-10-15)18-13-6-14-19-17-7-4-3-5-8-17/h3-5,7-12,18H,2,6,13-14H2,1H3. The van der Waals surface area contributed by atoms with Crippen molar-refractivity contribution in [3.05, 3.63) is 60.2 Å². The van der Waals surface area contributed by atoms with Gasteiger partial charge in [0.2, 0.25) is 0 Å². The number of ether oxygens (including phenoxy) is 1. The summed E-state index contributed by atoms with van der Waals surface area (Å²) in [4.78, 5) is 0. The first-order chi connectivity index (χ1) is 9.38. The summed E-state index contributed by atoms with van der Waals surface area (Å²) in [6.07, 6.45) is 2.08. The molecule has 2 rings (SSSR count). The van der Waals surface area contributed by atoms with Crippen molar-refractivity contribution in [3.8, 4) is 5.75 Å². The molecule has 1 N–H and O–H groups in total. The first kappa shape index (κ1) is 13.5. The topological polar surface area (TPSA) is 21.3 Å². The first-order valence-corrected chi connectivity index (χ1v) is 6.89. The number of hydrogen-bond donors (Lipinski definition) is 1. The Balaban J connectivity index is 1.63. The van der Waals surface area contributed by atoms with E-state index >= 15 is 0 Å². The van der Waals surface area contributed by atoms with E-state index in [0.717, 1.165) is 31.7 Å². The molecule has 100 valence electrons. The lowest BCUT2D eigenvalue weighted by Gasteiger charge is -2.08. The summed E-state index contributed by atoms with van der Waals surface area (Å²) in [7, 11) is 0. The quantitative estimate of drug-likeness (QED) is 0.751. The van der Waals surface area contributed by atoms with E-state index in [1.807, 2.05) is 30.3 Å². The number of para-hydroxylation sites is 1. The Morgan fingerprint density at radius 1 is 0.947 bits per heavy atom. The second kappa shape index (κ2) is 7.47. The third-order valence-corrected chi connectivity index (χ3v) is 3.02. The van der Waals surface area contributed by atoms with Crippen LogP contribution in [0.3, 0.4) is 0 Å². The van der Waals surface area contributed by atoms with Crippen LogP contribution in [-0.4, -0.2) is 13.2 Å². The predicted octanol–water partition coefficient (Wildman–Crippen LogP) is 4.13. The smallest absolute Gasteiger partial charge is 0.119 e. The highest BCUT2D eigenvalue weighted by molar-refractivity contribution is 5.44. The molecule has 0 saturated carbocycles. The van der Waals surface area contributed by atoms with E-state index in [2.05, 4.69) is 36.5 Å². The molecule has 0 aliphatic carbocycles. The molecule has 2 heteroatoms. The summed E-state index contributed by atoms with van der Waals surface area (Å²) in [5.41, 5.74) is 2.55. The zero-order chi connectivity index (χ0) is 13.3. The molecule has 19 heavy (non-hydrogen) atoms. The Morgan fingerprint density at radius 2 is 1.68 bits per heavy atom. The Bertz CT molecular complexity index is 464. The van der Waals surface area contributed by atoms with Crippen LogP contribution in [0.2, 0.25) is 0 Å². The molecule has 0 aromatic heterocycles. The van der Waals surface area contributed by atoms with E-state index in [1.54, 1.807) is 0 Å². The fourth-order valence-corrected chi connectivity index (χ4v) is 1.87. The van der Waals surface area contributed by atoms with Crippen molar-refractivity contribution in [2.45, 2.75) is 19.8 Å². The zero-order valence-corrected chi connectivity index (χ0v) is 11.4. The lowest BCUT2D eigenvalue weighted by atomic mass is 10.1. The molecular weight excluding hydrogens is 234 g/mol. The molecule has 0 saturated heterocycles. The number of benzene rings is 2. The number of rotatable bonds is 7. The van der Waals surface area contributed by atoms with Crippen LogP contribution in [0, 0.1) is 0 Å². The Morgan fingerprint density at radius 3 is 2.37 bits per heavy atom. The van der Waals surface area contributed by atoms with Gasteiger partial charge in [-0.15, -0.1) is 0 Å². The first-order valence-electron chi connectivity index (χ1n) is 6.89. The molecule has 0 radical (unpaired) electrons. The second-order valence-corrected chi connectivity index (χ2v) is 4.49. The van der Waals surface area contributed by atoms with Gasteiger partial charge in [-0.25, -0.2) is 0 Å². The second-order valence-electron chi connectivity index (χ2n) is 4.49. The SMILES string of the molecule is CCc1ccc(NCCCOc2ccccc2)cc1. The minimum absolute atomic E-state index is 0.740. The molecule has 2 nitrogen and oxygen atoms in total. The summed E-state index contributed by atoms with van der Waals surface area (Å²) >= 11 is 0. The fraction of sp³-hybridized carbons (Fsp3) is 0.294. The van der Waals surface area contributed by atoms with Crippen molar-refractivity contribution in [2.75, 3.05) is 18.5 Å². The monoisotopic (exact) mass is 255 g/mol. The van der Waals surface area contributed by atoms with Crippen molar-refractivity contribution in [1.82, 2.24) is 0 Å². The van der Waals surface area contributed by atoms with Gasteiger partial charge in [0, 0.05) is 12.2 Å². The molecule has 2 aromatic rings. The minimum Gasteiger partial charge on any atom is -0.494 e. The van der Waals surface area contributed by atoms with Crippen molar-refractivity contribution in [3.63, 3.8) is 0 Å². The average Bonchev–Trinajstić information content (AvgIpc) is 2.49. The fourth-order valence-electron chi connectivity index (χ4n) is 1.87. The van der Waals surface area contributed by atoms with Crippen LogP contribution in [0.5, 0.6) is 5.75 Å². The van der Waals surface area contributed by atoms with Crippen LogP contribution < -0.4 is 10.1 Å². The van der Waals surface area contributed by atoms with E-state index in [1.165, 1.54) is 11.3 Å². The number of aryl methyl sites for hydroxylation is 1. The van der Waals surface area contributed by atoms with Gasteiger partial charge < -0.3 is 10.1 Å². The van der Waals surface area contributed by atoms with Gasteiger partial charge >= 0.3 is 0 Å². The Kier molecular flexibility index (Phi) is 5.30. The Labute approximate surface area is 115 Å². The molecule has 0 amide bonds. The molecule has 2 aromatic carbocycles. The van der Waals surface area contributed by atoms with Crippen LogP contribution in [0.1, 0.15) is 18.9 Å². The molecule has 0 unspecified atom stereocenters.